The Bertz CT molecular complexity index is 1160. The van der Waals surface area contributed by atoms with E-state index in [1.54, 1.807) is 68.4 Å². The molecule has 0 atom stereocenters. The van der Waals surface area contributed by atoms with Gasteiger partial charge in [0, 0.05) is 10.9 Å². The summed E-state index contributed by atoms with van der Waals surface area (Å²) in [5, 5.41) is 4.78. The van der Waals surface area contributed by atoms with Gasteiger partial charge in [-0.15, -0.1) is 0 Å². The Morgan fingerprint density at radius 1 is 0.967 bits per heavy atom. The van der Waals surface area contributed by atoms with E-state index >= 15 is 0 Å². The highest BCUT2D eigenvalue weighted by Crippen LogP contribution is 2.15. The lowest BCUT2D eigenvalue weighted by atomic mass is 10.1. The molecule has 0 spiro atoms. The molecule has 2 N–H and O–H groups in total. The maximum atomic E-state index is 12.5. The van der Waals surface area contributed by atoms with Crippen LogP contribution in [0.1, 0.15) is 40.7 Å². The lowest BCUT2D eigenvalue weighted by molar-refractivity contribution is -0.125. The van der Waals surface area contributed by atoms with Gasteiger partial charge in [0.25, 0.3) is 17.4 Å². The molecule has 0 aliphatic heterocycles. The molecule has 2 aromatic carbocycles. The number of hydrazine groups is 1. The number of carbonyl (C=O) groups excluding carboxylic acids is 3. The average molecular weight is 408 g/mol. The summed E-state index contributed by atoms with van der Waals surface area (Å²) in [7, 11) is 0. The molecule has 0 bridgehead atoms. The zero-order valence-electron chi connectivity index (χ0n) is 16.4. The minimum atomic E-state index is -0.856. The highest BCUT2D eigenvalue weighted by molar-refractivity contribution is 6.02. The van der Waals surface area contributed by atoms with Crippen molar-refractivity contribution < 1.29 is 19.1 Å². The summed E-state index contributed by atoms with van der Waals surface area (Å²) in [6, 6.07) is 14.6. The summed E-state index contributed by atoms with van der Waals surface area (Å²) in [5.74, 6) is -2.09. The van der Waals surface area contributed by atoms with E-state index in [4.69, 9.17) is 4.74 Å². The van der Waals surface area contributed by atoms with Gasteiger partial charge in [-0.1, -0.05) is 36.4 Å². The summed E-state index contributed by atoms with van der Waals surface area (Å²) in [6.45, 7) is 2.90. The van der Waals surface area contributed by atoms with E-state index < -0.39 is 24.4 Å². The standard InChI is InChI=1S/C21H20N4O5/c1-13(2)25-20(28)16-11-7-6-10-15(16)18(24-25)21(29)30-12-17(26)22-23-19(27)14-8-4-3-5-9-14/h3-11,13H,12H2,1-2H3,(H,22,26)(H,23,27). The van der Waals surface area contributed by atoms with Crippen molar-refractivity contribution in [3.05, 3.63) is 76.2 Å². The average Bonchev–Trinajstić information content (AvgIpc) is 2.76. The van der Waals surface area contributed by atoms with Gasteiger partial charge in [0.2, 0.25) is 0 Å². The van der Waals surface area contributed by atoms with Gasteiger partial charge < -0.3 is 4.74 Å². The van der Waals surface area contributed by atoms with Crippen LogP contribution in [0, 0.1) is 0 Å². The first-order valence-corrected chi connectivity index (χ1v) is 9.21. The lowest BCUT2D eigenvalue weighted by Crippen LogP contribution is -2.43. The molecule has 3 aromatic rings. The van der Waals surface area contributed by atoms with Crippen molar-refractivity contribution in [2.45, 2.75) is 19.9 Å². The molecule has 0 radical (unpaired) electrons. The lowest BCUT2D eigenvalue weighted by Gasteiger charge is -2.13. The van der Waals surface area contributed by atoms with Gasteiger partial charge in [-0.2, -0.15) is 5.10 Å². The normalized spacial score (nSPS) is 10.6. The van der Waals surface area contributed by atoms with Crippen molar-refractivity contribution in [1.82, 2.24) is 20.6 Å². The second kappa shape index (κ2) is 8.99. The molecule has 0 aliphatic rings. The number of carbonyl (C=O) groups is 3. The fourth-order valence-corrected chi connectivity index (χ4v) is 2.73. The topological polar surface area (TPSA) is 119 Å². The van der Waals surface area contributed by atoms with Crippen LogP contribution in [0.4, 0.5) is 0 Å². The van der Waals surface area contributed by atoms with E-state index in [9.17, 15) is 19.2 Å². The van der Waals surface area contributed by atoms with E-state index in [0.29, 0.717) is 16.3 Å². The molecule has 0 saturated carbocycles. The number of nitrogens with zero attached hydrogens (tertiary/aromatic N) is 2. The molecule has 154 valence electrons. The Kier molecular flexibility index (Phi) is 6.21. The van der Waals surface area contributed by atoms with Gasteiger partial charge in [0.15, 0.2) is 12.3 Å². The molecular weight excluding hydrogens is 388 g/mol. The van der Waals surface area contributed by atoms with Crippen LogP contribution >= 0.6 is 0 Å². The summed E-state index contributed by atoms with van der Waals surface area (Å²) < 4.78 is 6.22. The smallest absolute Gasteiger partial charge is 0.359 e. The maximum Gasteiger partial charge on any atom is 0.359 e. The molecule has 1 aromatic heterocycles. The Balaban J connectivity index is 1.68. The molecule has 0 saturated heterocycles. The molecule has 1 heterocycles. The van der Waals surface area contributed by atoms with E-state index in [1.807, 2.05) is 0 Å². The van der Waals surface area contributed by atoms with Gasteiger partial charge in [-0.3, -0.25) is 25.2 Å². The van der Waals surface area contributed by atoms with Crippen LogP contribution in [0.3, 0.4) is 0 Å². The number of nitrogens with one attached hydrogen (secondary N) is 2. The number of benzene rings is 2. The third kappa shape index (κ3) is 4.52. The molecule has 0 unspecified atom stereocenters. The summed E-state index contributed by atoms with van der Waals surface area (Å²) >= 11 is 0. The quantitative estimate of drug-likeness (QED) is 0.489. The predicted molar refractivity (Wildman–Crippen MR) is 109 cm³/mol. The summed E-state index contributed by atoms with van der Waals surface area (Å²) in [4.78, 5) is 48.9. The van der Waals surface area contributed by atoms with Crippen LogP contribution < -0.4 is 16.4 Å². The SMILES string of the molecule is CC(C)n1nc(C(=O)OCC(=O)NNC(=O)c2ccccc2)c2ccccc2c1=O. The Morgan fingerprint density at radius 2 is 1.60 bits per heavy atom. The van der Waals surface area contributed by atoms with E-state index in [2.05, 4.69) is 16.0 Å². The van der Waals surface area contributed by atoms with Crippen molar-refractivity contribution in [2.24, 2.45) is 0 Å². The highest BCUT2D eigenvalue weighted by Gasteiger charge is 2.20. The van der Waals surface area contributed by atoms with Crippen LogP contribution in [-0.2, 0) is 9.53 Å². The van der Waals surface area contributed by atoms with Crippen molar-refractivity contribution in [2.75, 3.05) is 6.61 Å². The Hall–Kier alpha value is -4.01. The predicted octanol–water partition coefficient (Wildman–Crippen LogP) is 1.60. The molecule has 9 nitrogen and oxygen atoms in total. The number of esters is 1. The molecule has 0 fully saturated rings. The number of aromatic nitrogens is 2. The van der Waals surface area contributed by atoms with Crippen LogP contribution in [0.25, 0.3) is 10.8 Å². The third-order valence-corrected chi connectivity index (χ3v) is 4.20. The van der Waals surface area contributed by atoms with Crippen LogP contribution in [0.15, 0.2) is 59.4 Å². The summed E-state index contributed by atoms with van der Waals surface area (Å²) in [5.41, 5.74) is 4.38. The molecule has 30 heavy (non-hydrogen) atoms. The Morgan fingerprint density at radius 3 is 2.27 bits per heavy atom. The highest BCUT2D eigenvalue weighted by atomic mass is 16.5. The first kappa shape index (κ1) is 20.7. The first-order chi connectivity index (χ1) is 14.4. The zero-order chi connectivity index (χ0) is 21.7. The third-order valence-electron chi connectivity index (χ3n) is 4.20. The van der Waals surface area contributed by atoms with Gasteiger partial charge in [-0.05, 0) is 32.0 Å². The van der Waals surface area contributed by atoms with E-state index in [-0.39, 0.29) is 17.3 Å². The number of ether oxygens (including phenoxy) is 1. The second-order valence-electron chi connectivity index (χ2n) is 6.68. The van der Waals surface area contributed by atoms with Crippen molar-refractivity contribution >= 4 is 28.6 Å². The van der Waals surface area contributed by atoms with Gasteiger partial charge in [0.05, 0.1) is 11.4 Å². The number of hydrogen-bond acceptors (Lipinski definition) is 6. The van der Waals surface area contributed by atoms with Crippen molar-refractivity contribution in [3.8, 4) is 0 Å². The van der Waals surface area contributed by atoms with Gasteiger partial charge >= 0.3 is 5.97 Å². The van der Waals surface area contributed by atoms with E-state index in [0.717, 1.165) is 0 Å². The van der Waals surface area contributed by atoms with Crippen LogP contribution in [-0.4, -0.2) is 34.2 Å². The largest absolute Gasteiger partial charge is 0.451 e. The molecule has 0 aliphatic carbocycles. The number of amides is 2. The second-order valence-corrected chi connectivity index (χ2v) is 6.68. The minimum Gasteiger partial charge on any atom is -0.451 e. The molecular formula is C21H20N4O5. The first-order valence-electron chi connectivity index (χ1n) is 9.21. The fraction of sp³-hybridized carbons (Fsp3) is 0.190. The van der Waals surface area contributed by atoms with Gasteiger partial charge in [0.1, 0.15) is 0 Å². The molecule has 2 amide bonds. The molecule has 9 heteroatoms. The van der Waals surface area contributed by atoms with Gasteiger partial charge in [-0.25, -0.2) is 9.48 Å². The number of hydrogen-bond donors (Lipinski definition) is 2. The van der Waals surface area contributed by atoms with Crippen molar-refractivity contribution in [1.29, 1.82) is 0 Å². The van der Waals surface area contributed by atoms with Crippen LogP contribution in [0.2, 0.25) is 0 Å². The van der Waals surface area contributed by atoms with Crippen molar-refractivity contribution in [3.63, 3.8) is 0 Å². The Labute approximate surface area is 171 Å². The maximum absolute atomic E-state index is 12.5. The minimum absolute atomic E-state index is 0.0694. The zero-order valence-corrected chi connectivity index (χ0v) is 16.4. The van der Waals surface area contributed by atoms with Crippen LogP contribution in [0.5, 0.6) is 0 Å². The number of fused-ring (bicyclic) bond motifs is 1. The molecule has 3 rings (SSSR count). The summed E-state index contributed by atoms with van der Waals surface area (Å²) in [6.07, 6.45) is 0. The fourth-order valence-electron chi connectivity index (χ4n) is 2.73. The monoisotopic (exact) mass is 408 g/mol. The van der Waals surface area contributed by atoms with E-state index in [1.165, 1.54) is 4.68 Å². The number of rotatable bonds is 5.